The number of hydrogen-bond donors (Lipinski definition) is 0. The van der Waals surface area contributed by atoms with Crippen molar-refractivity contribution in [1.82, 2.24) is 0 Å². The molecule has 0 N–H and O–H groups in total. The standard InChI is InChI=1S/C2H3Cl2.Rb/c1-2(3)4;/h1H3;/q-1;+1. The largest absolute Gasteiger partial charge is 1.00 e. The molecule has 0 saturated carbocycles. The molecule has 0 heterocycles. The van der Waals surface area contributed by atoms with Crippen molar-refractivity contribution < 1.29 is 58.2 Å². The van der Waals surface area contributed by atoms with Gasteiger partial charge in [0.25, 0.3) is 0 Å². The van der Waals surface area contributed by atoms with Crippen LogP contribution in [0.15, 0.2) is 0 Å². The quantitative estimate of drug-likeness (QED) is 0.422. The molecule has 0 aromatic carbocycles. The van der Waals surface area contributed by atoms with Crippen molar-refractivity contribution in [3.63, 3.8) is 0 Å². The molecule has 0 rings (SSSR count). The molecule has 0 fully saturated rings. The number of halogens is 2. The predicted molar refractivity (Wildman–Crippen MR) is 20.6 cm³/mol. The van der Waals surface area contributed by atoms with Gasteiger partial charge in [0.1, 0.15) is 0 Å². The van der Waals surface area contributed by atoms with E-state index in [0.717, 1.165) is 0 Å². The Morgan fingerprint density at radius 1 is 1.40 bits per heavy atom. The van der Waals surface area contributed by atoms with Crippen LogP contribution < -0.4 is 58.2 Å². The van der Waals surface area contributed by atoms with Crippen LogP contribution in [0.1, 0.15) is 6.92 Å². The second-order valence-electron chi connectivity index (χ2n) is 0.449. The van der Waals surface area contributed by atoms with E-state index in [1.807, 2.05) is 0 Å². The van der Waals surface area contributed by atoms with Gasteiger partial charge in [0.15, 0.2) is 0 Å². The Hall–Kier alpha value is 2.39. The molecular weight excluding hydrogens is 180 g/mol. The molecule has 0 aliphatic rings. The van der Waals surface area contributed by atoms with Crippen molar-refractivity contribution in [1.29, 1.82) is 0 Å². The van der Waals surface area contributed by atoms with E-state index in [-0.39, 0.29) is 58.2 Å². The normalized spacial score (nSPS) is 7.20. The van der Waals surface area contributed by atoms with E-state index in [4.69, 9.17) is 23.2 Å². The first-order valence-electron chi connectivity index (χ1n) is 0.878. The second-order valence-corrected chi connectivity index (χ2v) is 1.78. The summed E-state index contributed by atoms with van der Waals surface area (Å²) in [4.78, 5) is 0.361. The van der Waals surface area contributed by atoms with Crippen LogP contribution in [0.4, 0.5) is 0 Å². The molecule has 3 heteroatoms. The van der Waals surface area contributed by atoms with E-state index in [1.54, 1.807) is 6.92 Å². The summed E-state index contributed by atoms with van der Waals surface area (Å²) >= 11 is 9.91. The maximum absolute atomic E-state index is 4.96. The maximum atomic E-state index is 4.96. The van der Waals surface area contributed by atoms with Gasteiger partial charge in [-0.1, -0.05) is 0 Å². The van der Waals surface area contributed by atoms with Crippen LogP contribution in [0, 0.1) is 4.84 Å². The van der Waals surface area contributed by atoms with Gasteiger partial charge in [0, 0.05) is 0 Å². The second kappa shape index (κ2) is 6.39. The third kappa shape index (κ3) is 21.6. The van der Waals surface area contributed by atoms with Crippen LogP contribution in [0.2, 0.25) is 0 Å². The van der Waals surface area contributed by atoms with Gasteiger partial charge in [-0.15, -0.1) is 4.84 Å². The van der Waals surface area contributed by atoms with E-state index < -0.39 is 0 Å². The van der Waals surface area contributed by atoms with Crippen LogP contribution in [0.5, 0.6) is 0 Å². The van der Waals surface area contributed by atoms with Gasteiger partial charge in [0.2, 0.25) is 0 Å². The Kier molecular flexibility index (Phi) is 13.3. The van der Waals surface area contributed by atoms with Crippen LogP contribution in [-0.2, 0) is 0 Å². The number of hydrogen-bond acceptors (Lipinski definition) is 0. The summed E-state index contributed by atoms with van der Waals surface area (Å²) in [7, 11) is 0. The summed E-state index contributed by atoms with van der Waals surface area (Å²) in [6.07, 6.45) is 0. The Balaban J connectivity index is 0. The van der Waals surface area contributed by atoms with Gasteiger partial charge in [-0.05, 0) is 0 Å². The molecule has 0 aliphatic carbocycles. The third-order valence-electron chi connectivity index (χ3n) is 0. The summed E-state index contributed by atoms with van der Waals surface area (Å²) in [5, 5.41) is 0. The minimum atomic E-state index is 0. The molecule has 0 amide bonds. The maximum Gasteiger partial charge on any atom is 1.00 e. The zero-order chi connectivity index (χ0) is 3.58. The van der Waals surface area contributed by atoms with E-state index in [2.05, 4.69) is 0 Å². The van der Waals surface area contributed by atoms with Crippen LogP contribution in [0.25, 0.3) is 0 Å². The van der Waals surface area contributed by atoms with E-state index in [9.17, 15) is 0 Å². The molecule has 0 aromatic heterocycles. The summed E-state index contributed by atoms with van der Waals surface area (Å²) < 4.78 is 0. The number of rotatable bonds is 0. The third-order valence-corrected chi connectivity index (χ3v) is 0. The van der Waals surface area contributed by atoms with Crippen LogP contribution in [0.3, 0.4) is 0 Å². The van der Waals surface area contributed by atoms with E-state index in [1.165, 1.54) is 0 Å². The molecule has 0 saturated heterocycles. The molecule has 0 radical (unpaired) electrons. The molecule has 0 atom stereocenters. The minimum Gasteiger partial charge on any atom is -0.330 e. The fourth-order valence-corrected chi connectivity index (χ4v) is 0. The molecule has 0 bridgehead atoms. The smallest absolute Gasteiger partial charge is 0.330 e. The van der Waals surface area contributed by atoms with E-state index >= 15 is 0 Å². The van der Waals surface area contributed by atoms with Gasteiger partial charge in [-0.3, -0.25) is 0 Å². The zero-order valence-corrected chi connectivity index (χ0v) is 9.68. The first-order chi connectivity index (χ1) is 1.73. The monoisotopic (exact) mass is 182 g/mol. The van der Waals surface area contributed by atoms with Crippen molar-refractivity contribution in [2.24, 2.45) is 0 Å². The predicted octanol–water partition coefficient (Wildman–Crippen LogP) is -1.02. The summed E-state index contributed by atoms with van der Waals surface area (Å²) in [5.74, 6) is 0. The minimum absolute atomic E-state index is 0. The Morgan fingerprint density at radius 3 is 1.40 bits per heavy atom. The van der Waals surface area contributed by atoms with Crippen molar-refractivity contribution in [3.8, 4) is 0 Å². The Morgan fingerprint density at radius 2 is 1.40 bits per heavy atom. The molecule has 0 aromatic rings. The van der Waals surface area contributed by atoms with Crippen LogP contribution in [-0.4, -0.2) is 0 Å². The summed E-state index contributed by atoms with van der Waals surface area (Å²) in [5.41, 5.74) is 0. The topological polar surface area (TPSA) is 0 Å². The van der Waals surface area contributed by atoms with Gasteiger partial charge < -0.3 is 23.2 Å². The zero-order valence-electron chi connectivity index (χ0n) is 3.26. The molecule has 0 unspecified atom stereocenters. The molecule has 26 valence electrons. The molecule has 0 aliphatic heterocycles. The first-order valence-corrected chi connectivity index (χ1v) is 1.63. The molecular formula is C2H3Cl2Rb. The first kappa shape index (κ1) is 10.4. The molecule has 5 heavy (non-hydrogen) atoms. The van der Waals surface area contributed by atoms with Gasteiger partial charge in [0.05, 0.1) is 0 Å². The fourth-order valence-electron chi connectivity index (χ4n) is 0. The van der Waals surface area contributed by atoms with E-state index in [0.29, 0.717) is 4.84 Å². The fraction of sp³-hybridized carbons (Fsp3) is 0.500. The summed E-state index contributed by atoms with van der Waals surface area (Å²) in [6, 6.07) is 0. The van der Waals surface area contributed by atoms with Crippen molar-refractivity contribution in [3.05, 3.63) is 4.84 Å². The average Bonchev–Trinajstić information content (AvgIpc) is 0.811. The molecule has 0 nitrogen and oxygen atoms in total. The Bertz CT molecular complexity index is 12.4. The van der Waals surface area contributed by atoms with Gasteiger partial charge in [-0.25, -0.2) is 0 Å². The van der Waals surface area contributed by atoms with Crippen molar-refractivity contribution in [2.45, 2.75) is 6.92 Å². The van der Waals surface area contributed by atoms with Crippen LogP contribution >= 0.6 is 23.2 Å². The average molecular weight is 183 g/mol. The SMILES string of the molecule is C[C-](Cl)Cl.[Rb+]. The van der Waals surface area contributed by atoms with Crippen molar-refractivity contribution >= 4 is 23.2 Å². The van der Waals surface area contributed by atoms with Crippen molar-refractivity contribution in [2.75, 3.05) is 0 Å². The van der Waals surface area contributed by atoms with Gasteiger partial charge >= 0.3 is 58.2 Å². The van der Waals surface area contributed by atoms with Gasteiger partial charge in [-0.2, -0.15) is 6.92 Å². The Labute approximate surface area is 91.0 Å². The summed E-state index contributed by atoms with van der Waals surface area (Å²) in [6.45, 7) is 1.61. The molecule has 0 spiro atoms.